The molecule has 1 aromatic carbocycles. The number of nitrogens with zero attached hydrogens (tertiary/aromatic N) is 2. The lowest BCUT2D eigenvalue weighted by atomic mass is 9.51. The minimum Gasteiger partial charge on any atom is -0.497 e. The van der Waals surface area contributed by atoms with Crippen molar-refractivity contribution in [1.82, 2.24) is 9.97 Å². The average Bonchev–Trinajstić information content (AvgIpc) is 2.49. The van der Waals surface area contributed by atoms with Crippen molar-refractivity contribution in [2.75, 3.05) is 7.11 Å². The van der Waals surface area contributed by atoms with E-state index in [2.05, 4.69) is 6.92 Å². The summed E-state index contributed by atoms with van der Waals surface area (Å²) in [7, 11) is 1.70. The molecule has 2 saturated carbocycles. The fourth-order valence-electron chi connectivity index (χ4n) is 4.35. The second kappa shape index (κ2) is 4.69. The van der Waals surface area contributed by atoms with Crippen LogP contribution in [0.1, 0.15) is 44.9 Å². The van der Waals surface area contributed by atoms with Crippen LogP contribution in [0.5, 0.6) is 5.75 Å². The van der Waals surface area contributed by atoms with Crippen molar-refractivity contribution in [3.8, 4) is 5.75 Å². The highest BCUT2D eigenvalue weighted by atomic mass is 16.5. The lowest BCUT2D eigenvalue weighted by molar-refractivity contribution is 0.0340. The predicted octanol–water partition coefficient (Wildman–Crippen LogP) is 4.11. The maximum atomic E-state index is 5.32. The zero-order valence-electron chi connectivity index (χ0n) is 12.8. The van der Waals surface area contributed by atoms with Crippen LogP contribution in [-0.2, 0) is 5.41 Å². The SMILES string of the molecule is COc1ccc2cnc(C34CCC3CCC(C)C4)nc2c1. The molecule has 1 aromatic heterocycles. The Kier molecular flexibility index (Phi) is 2.91. The molecular formula is C18H22N2O. The van der Waals surface area contributed by atoms with E-state index in [9.17, 15) is 0 Å². The standard InChI is InChI=1S/C18H22N2O/c1-12-3-5-14-7-8-18(14,10-12)17-19-11-13-4-6-15(21-2)9-16(13)20-17/h4,6,9,11-12,14H,3,5,7-8,10H2,1-2H3. The minimum absolute atomic E-state index is 0.259. The first-order chi connectivity index (χ1) is 10.2. The number of methoxy groups -OCH3 is 1. The summed E-state index contributed by atoms with van der Waals surface area (Å²) >= 11 is 0. The Morgan fingerprint density at radius 1 is 1.24 bits per heavy atom. The maximum Gasteiger partial charge on any atom is 0.135 e. The van der Waals surface area contributed by atoms with E-state index in [1.807, 2.05) is 24.4 Å². The van der Waals surface area contributed by atoms with Crippen molar-refractivity contribution in [2.45, 2.75) is 44.4 Å². The molecule has 3 nitrogen and oxygen atoms in total. The van der Waals surface area contributed by atoms with Crippen LogP contribution in [0, 0.1) is 11.8 Å². The molecule has 0 radical (unpaired) electrons. The molecule has 3 unspecified atom stereocenters. The molecule has 0 saturated heterocycles. The first kappa shape index (κ1) is 13.1. The topological polar surface area (TPSA) is 35.0 Å². The Morgan fingerprint density at radius 3 is 2.90 bits per heavy atom. The van der Waals surface area contributed by atoms with Crippen molar-refractivity contribution in [3.05, 3.63) is 30.2 Å². The van der Waals surface area contributed by atoms with Gasteiger partial charge in [0.05, 0.1) is 12.6 Å². The molecule has 3 heteroatoms. The van der Waals surface area contributed by atoms with Crippen LogP contribution in [0.4, 0.5) is 0 Å². The second-order valence-electron chi connectivity index (χ2n) is 6.90. The van der Waals surface area contributed by atoms with Gasteiger partial charge in [-0.3, -0.25) is 0 Å². The molecule has 2 fully saturated rings. The summed E-state index contributed by atoms with van der Waals surface area (Å²) in [5.74, 6) is 3.54. The van der Waals surface area contributed by atoms with Crippen LogP contribution in [0.15, 0.2) is 24.4 Å². The fourth-order valence-corrected chi connectivity index (χ4v) is 4.35. The van der Waals surface area contributed by atoms with Crippen LogP contribution in [0.3, 0.4) is 0 Å². The summed E-state index contributed by atoms with van der Waals surface area (Å²) < 4.78 is 5.32. The Morgan fingerprint density at radius 2 is 2.14 bits per heavy atom. The number of ether oxygens (including phenoxy) is 1. The normalized spacial score (nSPS) is 31.5. The Labute approximate surface area is 125 Å². The highest BCUT2D eigenvalue weighted by Gasteiger charge is 2.52. The summed E-state index contributed by atoms with van der Waals surface area (Å²) in [5.41, 5.74) is 1.27. The molecule has 4 rings (SSSR count). The van der Waals surface area contributed by atoms with Crippen LogP contribution in [-0.4, -0.2) is 17.1 Å². The number of aromatic nitrogens is 2. The van der Waals surface area contributed by atoms with Gasteiger partial charge in [0.25, 0.3) is 0 Å². The van der Waals surface area contributed by atoms with E-state index < -0.39 is 0 Å². The van der Waals surface area contributed by atoms with Crippen LogP contribution in [0.25, 0.3) is 10.9 Å². The maximum absolute atomic E-state index is 5.32. The molecule has 0 N–H and O–H groups in total. The molecule has 0 spiro atoms. The van der Waals surface area contributed by atoms with Gasteiger partial charge in [-0.25, -0.2) is 9.97 Å². The minimum atomic E-state index is 0.259. The van der Waals surface area contributed by atoms with Crippen molar-refractivity contribution in [3.63, 3.8) is 0 Å². The number of hydrogen-bond donors (Lipinski definition) is 0. The van der Waals surface area contributed by atoms with Crippen molar-refractivity contribution in [2.24, 2.45) is 11.8 Å². The summed E-state index contributed by atoms with van der Waals surface area (Å²) in [5, 5.41) is 1.09. The lowest BCUT2D eigenvalue weighted by Crippen LogP contribution is -2.49. The molecule has 2 aliphatic carbocycles. The van der Waals surface area contributed by atoms with Crippen molar-refractivity contribution < 1.29 is 4.74 Å². The molecule has 3 atom stereocenters. The molecule has 0 aliphatic heterocycles. The number of fused-ring (bicyclic) bond motifs is 2. The van der Waals surface area contributed by atoms with E-state index in [0.717, 1.165) is 34.3 Å². The zero-order valence-corrected chi connectivity index (χ0v) is 12.8. The van der Waals surface area contributed by atoms with E-state index in [0.29, 0.717) is 0 Å². The van der Waals surface area contributed by atoms with Gasteiger partial charge >= 0.3 is 0 Å². The van der Waals surface area contributed by atoms with Gasteiger partial charge in [-0.05, 0) is 49.7 Å². The molecule has 0 bridgehead atoms. The van der Waals surface area contributed by atoms with Crippen LogP contribution in [0.2, 0.25) is 0 Å². The van der Waals surface area contributed by atoms with E-state index in [1.165, 1.54) is 32.1 Å². The third kappa shape index (κ3) is 1.94. The molecule has 110 valence electrons. The van der Waals surface area contributed by atoms with E-state index in [1.54, 1.807) is 7.11 Å². The van der Waals surface area contributed by atoms with Gasteiger partial charge < -0.3 is 4.74 Å². The molecule has 2 aromatic rings. The quantitative estimate of drug-likeness (QED) is 0.831. The van der Waals surface area contributed by atoms with Crippen molar-refractivity contribution in [1.29, 1.82) is 0 Å². The Hall–Kier alpha value is -1.64. The van der Waals surface area contributed by atoms with Gasteiger partial charge in [0, 0.05) is 23.1 Å². The first-order valence-corrected chi connectivity index (χ1v) is 8.02. The van der Waals surface area contributed by atoms with Crippen molar-refractivity contribution >= 4 is 10.9 Å². The van der Waals surface area contributed by atoms with Gasteiger partial charge in [0.2, 0.25) is 0 Å². The van der Waals surface area contributed by atoms with Crippen LogP contribution >= 0.6 is 0 Å². The number of hydrogen-bond acceptors (Lipinski definition) is 3. The van der Waals surface area contributed by atoms with Gasteiger partial charge in [-0.1, -0.05) is 13.3 Å². The number of benzene rings is 1. The average molecular weight is 282 g/mol. The third-order valence-corrected chi connectivity index (χ3v) is 5.68. The summed E-state index contributed by atoms with van der Waals surface area (Å²) in [4.78, 5) is 9.67. The largest absolute Gasteiger partial charge is 0.497 e. The fraction of sp³-hybridized carbons (Fsp3) is 0.556. The number of rotatable bonds is 2. The van der Waals surface area contributed by atoms with E-state index >= 15 is 0 Å². The first-order valence-electron chi connectivity index (χ1n) is 8.02. The van der Waals surface area contributed by atoms with Crippen LogP contribution < -0.4 is 4.74 Å². The molecular weight excluding hydrogens is 260 g/mol. The smallest absolute Gasteiger partial charge is 0.135 e. The second-order valence-corrected chi connectivity index (χ2v) is 6.90. The highest BCUT2D eigenvalue weighted by molar-refractivity contribution is 5.79. The molecule has 1 heterocycles. The summed E-state index contributed by atoms with van der Waals surface area (Å²) in [6, 6.07) is 6.03. The highest BCUT2D eigenvalue weighted by Crippen LogP contribution is 2.57. The van der Waals surface area contributed by atoms with Gasteiger partial charge in [-0.15, -0.1) is 0 Å². The van der Waals surface area contributed by atoms with Gasteiger partial charge in [0.1, 0.15) is 11.6 Å². The summed E-state index contributed by atoms with van der Waals surface area (Å²) in [6.07, 6.45) is 8.58. The van der Waals surface area contributed by atoms with Gasteiger partial charge in [-0.2, -0.15) is 0 Å². The molecule has 0 amide bonds. The zero-order chi connectivity index (χ0) is 14.4. The lowest BCUT2D eigenvalue weighted by Gasteiger charge is -2.53. The Bertz CT molecular complexity index is 684. The molecule has 2 aliphatic rings. The van der Waals surface area contributed by atoms with E-state index in [-0.39, 0.29) is 5.41 Å². The Balaban J connectivity index is 1.79. The third-order valence-electron chi connectivity index (χ3n) is 5.68. The van der Waals surface area contributed by atoms with Gasteiger partial charge in [0.15, 0.2) is 0 Å². The van der Waals surface area contributed by atoms with E-state index in [4.69, 9.17) is 14.7 Å². The predicted molar refractivity (Wildman–Crippen MR) is 83.5 cm³/mol. The monoisotopic (exact) mass is 282 g/mol. The summed E-state index contributed by atoms with van der Waals surface area (Å²) in [6.45, 7) is 2.38. The molecule has 21 heavy (non-hydrogen) atoms.